The first-order chi connectivity index (χ1) is 10.8. The molecule has 0 bridgehead atoms. The highest BCUT2D eigenvalue weighted by molar-refractivity contribution is 9.10. The molecule has 0 spiro atoms. The van der Waals surface area contributed by atoms with Crippen LogP contribution in [0.1, 0.15) is 11.5 Å². The first kappa shape index (κ1) is 14.9. The average Bonchev–Trinajstić information content (AvgIpc) is 3.02. The third kappa shape index (κ3) is 4.02. The molecule has 0 aliphatic heterocycles. The molecule has 22 heavy (non-hydrogen) atoms. The van der Waals surface area contributed by atoms with E-state index in [0.717, 1.165) is 23.0 Å². The van der Waals surface area contributed by atoms with Gasteiger partial charge in [0, 0.05) is 10.0 Å². The third-order valence-corrected chi connectivity index (χ3v) is 3.80. The van der Waals surface area contributed by atoms with Gasteiger partial charge in [0.25, 0.3) is 0 Å². The van der Waals surface area contributed by atoms with E-state index >= 15 is 0 Å². The fourth-order valence-electron chi connectivity index (χ4n) is 2.11. The Labute approximate surface area is 137 Å². The second kappa shape index (κ2) is 7.33. The van der Waals surface area contributed by atoms with Crippen molar-refractivity contribution < 1.29 is 4.42 Å². The van der Waals surface area contributed by atoms with Crippen LogP contribution in [0, 0.1) is 0 Å². The van der Waals surface area contributed by atoms with Gasteiger partial charge in [-0.15, -0.1) is 10.2 Å². The molecular weight excluding hydrogens is 342 g/mol. The van der Waals surface area contributed by atoms with Crippen molar-refractivity contribution in [3.8, 4) is 11.5 Å². The van der Waals surface area contributed by atoms with Crippen LogP contribution in [0.4, 0.5) is 0 Å². The number of hydrogen-bond donors (Lipinski definition) is 1. The SMILES string of the molecule is Brc1ccc(-c2nnc(CNCCc3ccccc3)o2)cc1. The van der Waals surface area contributed by atoms with Gasteiger partial charge in [-0.3, -0.25) is 0 Å². The number of nitrogens with zero attached hydrogens (tertiary/aromatic N) is 2. The second-order valence-corrected chi connectivity index (χ2v) is 5.84. The number of rotatable bonds is 6. The minimum Gasteiger partial charge on any atom is -0.419 e. The maximum atomic E-state index is 5.66. The predicted molar refractivity (Wildman–Crippen MR) is 89.3 cm³/mol. The molecule has 0 unspecified atom stereocenters. The summed E-state index contributed by atoms with van der Waals surface area (Å²) in [5, 5.41) is 11.5. The summed E-state index contributed by atoms with van der Waals surface area (Å²) in [5.74, 6) is 1.15. The zero-order valence-electron chi connectivity index (χ0n) is 12.0. The van der Waals surface area contributed by atoms with Gasteiger partial charge in [-0.05, 0) is 42.8 Å². The van der Waals surface area contributed by atoms with Crippen molar-refractivity contribution >= 4 is 15.9 Å². The van der Waals surface area contributed by atoms with Gasteiger partial charge in [0.1, 0.15) is 0 Å². The first-order valence-corrected chi connectivity index (χ1v) is 7.93. The van der Waals surface area contributed by atoms with Crippen LogP contribution >= 0.6 is 15.9 Å². The Morgan fingerprint density at radius 3 is 2.50 bits per heavy atom. The van der Waals surface area contributed by atoms with Crippen LogP contribution in [0.5, 0.6) is 0 Å². The molecule has 0 aliphatic rings. The van der Waals surface area contributed by atoms with Crippen molar-refractivity contribution in [3.05, 3.63) is 70.5 Å². The fraction of sp³-hybridized carbons (Fsp3) is 0.176. The summed E-state index contributed by atoms with van der Waals surface area (Å²) in [4.78, 5) is 0. The van der Waals surface area contributed by atoms with Crippen molar-refractivity contribution in [1.29, 1.82) is 0 Å². The van der Waals surface area contributed by atoms with E-state index in [-0.39, 0.29) is 0 Å². The zero-order chi connectivity index (χ0) is 15.2. The monoisotopic (exact) mass is 357 g/mol. The second-order valence-electron chi connectivity index (χ2n) is 4.92. The fourth-order valence-corrected chi connectivity index (χ4v) is 2.37. The lowest BCUT2D eigenvalue weighted by Gasteiger charge is -2.02. The summed E-state index contributed by atoms with van der Waals surface area (Å²) in [5.41, 5.74) is 2.24. The molecule has 1 aromatic heterocycles. The maximum Gasteiger partial charge on any atom is 0.247 e. The largest absolute Gasteiger partial charge is 0.419 e. The van der Waals surface area contributed by atoms with E-state index in [1.165, 1.54) is 5.56 Å². The molecule has 0 amide bonds. The summed E-state index contributed by atoms with van der Waals surface area (Å²) < 4.78 is 6.69. The van der Waals surface area contributed by atoms with E-state index < -0.39 is 0 Å². The average molecular weight is 358 g/mol. The molecule has 3 rings (SSSR count). The summed E-state index contributed by atoms with van der Waals surface area (Å²) in [6, 6.07) is 18.2. The number of halogens is 1. The van der Waals surface area contributed by atoms with E-state index in [2.05, 4.69) is 55.7 Å². The number of hydrogen-bond acceptors (Lipinski definition) is 4. The summed E-state index contributed by atoms with van der Waals surface area (Å²) >= 11 is 3.41. The molecule has 0 radical (unpaired) electrons. The zero-order valence-corrected chi connectivity index (χ0v) is 13.6. The molecule has 4 nitrogen and oxygen atoms in total. The van der Waals surface area contributed by atoms with Gasteiger partial charge in [-0.1, -0.05) is 46.3 Å². The Hall–Kier alpha value is -1.98. The topological polar surface area (TPSA) is 51.0 Å². The molecule has 0 fully saturated rings. The number of nitrogens with one attached hydrogen (secondary N) is 1. The Kier molecular flexibility index (Phi) is 4.98. The van der Waals surface area contributed by atoms with Crippen LogP contribution in [-0.4, -0.2) is 16.7 Å². The van der Waals surface area contributed by atoms with Crippen LogP contribution < -0.4 is 5.32 Å². The Bertz CT molecular complexity index is 710. The molecular formula is C17H16BrN3O. The lowest BCUT2D eigenvalue weighted by molar-refractivity contribution is 0.478. The molecule has 3 aromatic rings. The lowest BCUT2D eigenvalue weighted by atomic mass is 10.1. The van der Waals surface area contributed by atoms with E-state index in [1.807, 2.05) is 30.3 Å². The van der Waals surface area contributed by atoms with Crippen molar-refractivity contribution in [2.24, 2.45) is 0 Å². The van der Waals surface area contributed by atoms with Gasteiger partial charge in [-0.25, -0.2) is 0 Å². The van der Waals surface area contributed by atoms with Crippen molar-refractivity contribution in [3.63, 3.8) is 0 Å². The van der Waals surface area contributed by atoms with Gasteiger partial charge in [0.2, 0.25) is 11.8 Å². The quantitative estimate of drug-likeness (QED) is 0.681. The minimum atomic E-state index is 0.548. The maximum absolute atomic E-state index is 5.66. The highest BCUT2D eigenvalue weighted by atomic mass is 79.9. The van der Waals surface area contributed by atoms with Crippen molar-refractivity contribution in [2.75, 3.05) is 6.54 Å². The normalized spacial score (nSPS) is 10.8. The van der Waals surface area contributed by atoms with Gasteiger partial charge in [0.05, 0.1) is 6.54 Å². The molecule has 0 atom stereocenters. The van der Waals surface area contributed by atoms with Gasteiger partial charge < -0.3 is 9.73 Å². The predicted octanol–water partition coefficient (Wildman–Crippen LogP) is 3.83. The van der Waals surface area contributed by atoms with Crippen molar-refractivity contribution in [2.45, 2.75) is 13.0 Å². The Balaban J connectivity index is 1.50. The van der Waals surface area contributed by atoms with Crippen LogP contribution in [0.15, 0.2) is 63.5 Å². The van der Waals surface area contributed by atoms with Crippen LogP contribution in [0.2, 0.25) is 0 Å². The van der Waals surface area contributed by atoms with Crippen LogP contribution in [0.25, 0.3) is 11.5 Å². The van der Waals surface area contributed by atoms with Gasteiger partial charge in [0.15, 0.2) is 0 Å². The van der Waals surface area contributed by atoms with E-state index in [0.29, 0.717) is 18.3 Å². The third-order valence-electron chi connectivity index (χ3n) is 3.27. The van der Waals surface area contributed by atoms with Gasteiger partial charge >= 0.3 is 0 Å². The number of benzene rings is 2. The van der Waals surface area contributed by atoms with Crippen LogP contribution in [0.3, 0.4) is 0 Å². The summed E-state index contributed by atoms with van der Waals surface area (Å²) in [6.07, 6.45) is 0.981. The Morgan fingerprint density at radius 1 is 0.955 bits per heavy atom. The molecule has 112 valence electrons. The standard InChI is InChI=1S/C17H16BrN3O/c18-15-8-6-14(7-9-15)17-21-20-16(22-17)12-19-11-10-13-4-2-1-3-5-13/h1-9,19H,10-12H2. The lowest BCUT2D eigenvalue weighted by Crippen LogP contribution is -2.16. The van der Waals surface area contributed by atoms with Crippen molar-refractivity contribution in [1.82, 2.24) is 15.5 Å². The first-order valence-electron chi connectivity index (χ1n) is 7.14. The molecule has 0 aliphatic carbocycles. The van der Waals surface area contributed by atoms with Gasteiger partial charge in [-0.2, -0.15) is 0 Å². The molecule has 1 heterocycles. The summed E-state index contributed by atoms with van der Waals surface area (Å²) in [7, 11) is 0. The minimum absolute atomic E-state index is 0.548. The summed E-state index contributed by atoms with van der Waals surface area (Å²) in [6.45, 7) is 1.45. The highest BCUT2D eigenvalue weighted by Crippen LogP contribution is 2.20. The molecule has 2 aromatic carbocycles. The smallest absolute Gasteiger partial charge is 0.247 e. The van der Waals surface area contributed by atoms with E-state index in [1.54, 1.807) is 0 Å². The highest BCUT2D eigenvalue weighted by Gasteiger charge is 2.07. The molecule has 0 saturated carbocycles. The van der Waals surface area contributed by atoms with Crippen LogP contribution in [-0.2, 0) is 13.0 Å². The Morgan fingerprint density at radius 2 is 1.73 bits per heavy atom. The molecule has 1 N–H and O–H groups in total. The van der Waals surface area contributed by atoms with E-state index in [4.69, 9.17) is 4.42 Å². The molecule has 5 heteroatoms. The van der Waals surface area contributed by atoms with E-state index in [9.17, 15) is 0 Å². The molecule has 0 saturated heterocycles. The number of aromatic nitrogens is 2.